The van der Waals surface area contributed by atoms with Crippen LogP contribution < -0.4 is 10.5 Å². The maximum Gasteiger partial charge on any atom is 0.153 e. The van der Waals surface area contributed by atoms with Crippen molar-refractivity contribution in [1.29, 1.82) is 0 Å². The maximum absolute atomic E-state index is 5.87. The first kappa shape index (κ1) is 11.5. The highest BCUT2D eigenvalue weighted by atomic mass is 16.5. The number of benzene rings is 1. The summed E-state index contributed by atoms with van der Waals surface area (Å²) in [6.45, 7) is 6.02. The van der Waals surface area contributed by atoms with Crippen molar-refractivity contribution in [2.75, 3.05) is 12.8 Å². The molecule has 0 aliphatic carbocycles. The van der Waals surface area contributed by atoms with Crippen LogP contribution in [0.5, 0.6) is 5.75 Å². The molecule has 0 aliphatic rings. The Balaban J connectivity index is 2.62. The molecule has 1 heterocycles. The number of methoxy groups -OCH3 is 1. The van der Waals surface area contributed by atoms with Crippen molar-refractivity contribution in [3.63, 3.8) is 0 Å². The quantitative estimate of drug-likeness (QED) is 0.835. The van der Waals surface area contributed by atoms with E-state index in [-0.39, 0.29) is 0 Å². The third-order valence-electron chi connectivity index (χ3n) is 2.93. The molecule has 3 N–H and O–H groups in total. The summed E-state index contributed by atoms with van der Waals surface area (Å²) < 4.78 is 5.35. The van der Waals surface area contributed by atoms with Crippen molar-refractivity contribution in [3.8, 4) is 16.9 Å². The van der Waals surface area contributed by atoms with Gasteiger partial charge in [0, 0.05) is 11.3 Å². The Morgan fingerprint density at radius 2 is 1.76 bits per heavy atom. The van der Waals surface area contributed by atoms with Crippen LogP contribution in [0.25, 0.3) is 11.1 Å². The van der Waals surface area contributed by atoms with E-state index in [0.29, 0.717) is 5.82 Å². The van der Waals surface area contributed by atoms with Crippen LogP contribution in [-0.2, 0) is 0 Å². The minimum atomic E-state index is 0.534. The van der Waals surface area contributed by atoms with Crippen molar-refractivity contribution in [3.05, 3.63) is 29.0 Å². The number of nitrogen functional groups attached to an aromatic ring is 1. The highest BCUT2D eigenvalue weighted by Crippen LogP contribution is 2.33. The van der Waals surface area contributed by atoms with E-state index in [4.69, 9.17) is 10.5 Å². The molecule has 1 aromatic heterocycles. The van der Waals surface area contributed by atoms with Gasteiger partial charge in [0.25, 0.3) is 0 Å². The van der Waals surface area contributed by atoms with Crippen LogP contribution in [0.4, 0.5) is 5.82 Å². The zero-order valence-electron chi connectivity index (χ0n) is 10.6. The maximum atomic E-state index is 5.87. The van der Waals surface area contributed by atoms with E-state index >= 15 is 0 Å². The van der Waals surface area contributed by atoms with Crippen LogP contribution in [0.2, 0.25) is 0 Å². The lowest BCUT2D eigenvalue weighted by molar-refractivity contribution is 0.408. The van der Waals surface area contributed by atoms with Crippen LogP contribution in [-0.4, -0.2) is 17.3 Å². The Labute approximate surface area is 101 Å². The number of hydrogen-bond acceptors (Lipinski definition) is 3. The topological polar surface area (TPSA) is 63.9 Å². The van der Waals surface area contributed by atoms with Gasteiger partial charge in [0.1, 0.15) is 5.75 Å². The number of hydrogen-bond donors (Lipinski definition) is 2. The van der Waals surface area contributed by atoms with E-state index in [1.54, 1.807) is 7.11 Å². The molecule has 17 heavy (non-hydrogen) atoms. The predicted molar refractivity (Wildman–Crippen MR) is 69.2 cm³/mol. The van der Waals surface area contributed by atoms with Gasteiger partial charge in [-0.25, -0.2) is 0 Å². The minimum Gasteiger partial charge on any atom is -0.496 e. The van der Waals surface area contributed by atoms with E-state index in [2.05, 4.69) is 22.3 Å². The molecule has 0 bridgehead atoms. The molecular formula is C13H17N3O. The zero-order chi connectivity index (χ0) is 12.6. The van der Waals surface area contributed by atoms with Gasteiger partial charge in [-0.1, -0.05) is 0 Å². The van der Waals surface area contributed by atoms with Crippen LogP contribution in [0.15, 0.2) is 12.1 Å². The number of rotatable bonds is 2. The Hall–Kier alpha value is -1.97. The Bertz CT molecular complexity index is 515. The van der Waals surface area contributed by atoms with Crippen LogP contribution in [0, 0.1) is 20.8 Å². The fourth-order valence-corrected chi connectivity index (χ4v) is 2.23. The number of aromatic amines is 1. The SMILES string of the molecule is COc1c(C)cc(-c2c(N)n[nH]c2C)cc1C. The summed E-state index contributed by atoms with van der Waals surface area (Å²) in [5.74, 6) is 1.46. The van der Waals surface area contributed by atoms with Crippen molar-refractivity contribution in [1.82, 2.24) is 10.2 Å². The standard InChI is InChI=1S/C13H17N3O/c1-7-5-10(6-8(2)12(7)17-4)11-9(3)15-16-13(11)14/h5-6H,1-4H3,(H3,14,15,16). The summed E-state index contributed by atoms with van der Waals surface area (Å²) >= 11 is 0. The smallest absolute Gasteiger partial charge is 0.153 e. The fraction of sp³-hybridized carbons (Fsp3) is 0.308. The third kappa shape index (κ3) is 1.86. The number of nitrogens with zero attached hydrogens (tertiary/aromatic N) is 1. The lowest BCUT2D eigenvalue weighted by Gasteiger charge is -2.11. The molecule has 0 radical (unpaired) electrons. The summed E-state index contributed by atoms with van der Waals surface area (Å²) in [5, 5.41) is 6.91. The van der Waals surface area contributed by atoms with Gasteiger partial charge in [0.15, 0.2) is 5.82 Å². The van der Waals surface area contributed by atoms with Crippen molar-refractivity contribution in [2.45, 2.75) is 20.8 Å². The first-order valence-corrected chi connectivity index (χ1v) is 5.50. The molecule has 0 aliphatic heterocycles. The second-order valence-electron chi connectivity index (χ2n) is 4.25. The Morgan fingerprint density at radius 3 is 2.18 bits per heavy atom. The van der Waals surface area contributed by atoms with E-state index in [0.717, 1.165) is 33.7 Å². The van der Waals surface area contributed by atoms with Crippen molar-refractivity contribution >= 4 is 5.82 Å². The highest BCUT2D eigenvalue weighted by molar-refractivity contribution is 5.77. The average molecular weight is 231 g/mol. The fourth-order valence-electron chi connectivity index (χ4n) is 2.23. The molecule has 4 heteroatoms. The summed E-state index contributed by atoms with van der Waals surface area (Å²) in [5.41, 5.74) is 11.1. The van der Waals surface area contributed by atoms with E-state index in [1.165, 1.54) is 0 Å². The summed E-state index contributed by atoms with van der Waals surface area (Å²) in [6, 6.07) is 4.14. The summed E-state index contributed by atoms with van der Waals surface area (Å²) in [6.07, 6.45) is 0. The second kappa shape index (κ2) is 4.13. The second-order valence-corrected chi connectivity index (χ2v) is 4.25. The largest absolute Gasteiger partial charge is 0.496 e. The minimum absolute atomic E-state index is 0.534. The number of aryl methyl sites for hydroxylation is 3. The van der Waals surface area contributed by atoms with Gasteiger partial charge in [-0.05, 0) is 49.6 Å². The van der Waals surface area contributed by atoms with Crippen LogP contribution in [0.1, 0.15) is 16.8 Å². The number of nitrogens with one attached hydrogen (secondary N) is 1. The number of nitrogens with two attached hydrogens (primary N) is 1. The van der Waals surface area contributed by atoms with Crippen molar-refractivity contribution in [2.24, 2.45) is 0 Å². The van der Waals surface area contributed by atoms with E-state index in [9.17, 15) is 0 Å². The molecule has 0 fully saturated rings. The van der Waals surface area contributed by atoms with Crippen LogP contribution >= 0.6 is 0 Å². The lowest BCUT2D eigenvalue weighted by Crippen LogP contribution is -1.94. The number of aromatic nitrogens is 2. The Kier molecular flexibility index (Phi) is 2.79. The molecule has 90 valence electrons. The van der Waals surface area contributed by atoms with Gasteiger partial charge < -0.3 is 10.5 Å². The molecule has 0 spiro atoms. The molecule has 4 nitrogen and oxygen atoms in total. The highest BCUT2D eigenvalue weighted by Gasteiger charge is 2.13. The lowest BCUT2D eigenvalue weighted by atomic mass is 9.99. The van der Waals surface area contributed by atoms with Gasteiger partial charge in [-0.3, -0.25) is 5.10 Å². The van der Waals surface area contributed by atoms with Crippen molar-refractivity contribution < 1.29 is 4.74 Å². The molecule has 0 unspecified atom stereocenters. The summed E-state index contributed by atoms with van der Waals surface area (Å²) in [7, 11) is 1.69. The van der Waals surface area contributed by atoms with Gasteiger partial charge >= 0.3 is 0 Å². The van der Waals surface area contributed by atoms with Gasteiger partial charge in [0.05, 0.1) is 7.11 Å². The molecule has 0 amide bonds. The first-order chi connectivity index (χ1) is 8.04. The normalized spacial score (nSPS) is 10.6. The average Bonchev–Trinajstić information content (AvgIpc) is 2.58. The monoisotopic (exact) mass is 231 g/mol. The number of ether oxygens (including phenoxy) is 1. The molecule has 0 atom stereocenters. The molecule has 0 saturated heterocycles. The predicted octanol–water partition coefficient (Wildman–Crippen LogP) is 2.59. The zero-order valence-corrected chi connectivity index (χ0v) is 10.6. The van der Waals surface area contributed by atoms with E-state index < -0.39 is 0 Å². The number of anilines is 1. The van der Waals surface area contributed by atoms with E-state index in [1.807, 2.05) is 20.8 Å². The number of H-pyrrole nitrogens is 1. The van der Waals surface area contributed by atoms with Gasteiger partial charge in [-0.15, -0.1) is 0 Å². The molecule has 2 rings (SSSR count). The van der Waals surface area contributed by atoms with Gasteiger partial charge in [0.2, 0.25) is 0 Å². The Morgan fingerprint density at radius 1 is 1.18 bits per heavy atom. The van der Waals surface area contributed by atoms with Crippen LogP contribution in [0.3, 0.4) is 0 Å². The molecule has 0 saturated carbocycles. The molecule has 2 aromatic rings. The van der Waals surface area contributed by atoms with Gasteiger partial charge in [-0.2, -0.15) is 5.10 Å². The molecular weight excluding hydrogens is 214 g/mol. The first-order valence-electron chi connectivity index (χ1n) is 5.50. The summed E-state index contributed by atoms with van der Waals surface area (Å²) in [4.78, 5) is 0. The third-order valence-corrected chi connectivity index (χ3v) is 2.93. The molecule has 1 aromatic carbocycles.